The Balaban J connectivity index is 2.05. The highest BCUT2D eigenvalue weighted by Crippen LogP contribution is 2.25. The van der Waals surface area contributed by atoms with Crippen molar-refractivity contribution in [3.05, 3.63) is 29.8 Å². The molecule has 0 radical (unpaired) electrons. The van der Waals surface area contributed by atoms with Gasteiger partial charge < -0.3 is 15.3 Å². The van der Waals surface area contributed by atoms with E-state index in [9.17, 15) is 9.90 Å². The fourth-order valence-electron chi connectivity index (χ4n) is 2.62. The van der Waals surface area contributed by atoms with E-state index in [-0.39, 0.29) is 24.5 Å². The molecule has 2 rings (SSSR count). The van der Waals surface area contributed by atoms with Crippen molar-refractivity contribution in [3.63, 3.8) is 0 Å². The van der Waals surface area contributed by atoms with Gasteiger partial charge in [-0.25, -0.2) is 0 Å². The zero-order chi connectivity index (χ0) is 13.8. The number of benzene rings is 1. The van der Waals surface area contributed by atoms with Crippen LogP contribution < -0.4 is 10.2 Å². The van der Waals surface area contributed by atoms with E-state index in [0.717, 1.165) is 24.9 Å². The van der Waals surface area contributed by atoms with Crippen LogP contribution >= 0.6 is 0 Å². The van der Waals surface area contributed by atoms with Crippen LogP contribution in [-0.2, 0) is 0 Å². The summed E-state index contributed by atoms with van der Waals surface area (Å²) in [7, 11) is 3.91. The van der Waals surface area contributed by atoms with E-state index in [1.54, 1.807) is 0 Å². The summed E-state index contributed by atoms with van der Waals surface area (Å²) in [5, 5.41) is 12.3. The van der Waals surface area contributed by atoms with E-state index in [1.807, 2.05) is 43.3 Å². The van der Waals surface area contributed by atoms with Crippen molar-refractivity contribution >= 4 is 11.6 Å². The molecular weight excluding hydrogens is 240 g/mol. The SMILES string of the molecule is CN(C)c1cccc(C(=O)NC2CCCC2CO)c1. The summed E-state index contributed by atoms with van der Waals surface area (Å²) in [4.78, 5) is 14.2. The van der Waals surface area contributed by atoms with Gasteiger partial charge in [0.05, 0.1) is 0 Å². The molecular formula is C15H22N2O2. The number of aliphatic hydroxyl groups is 1. The Morgan fingerprint density at radius 2 is 2.21 bits per heavy atom. The number of carbonyl (C=O) groups is 1. The number of anilines is 1. The molecule has 0 bridgehead atoms. The lowest BCUT2D eigenvalue weighted by atomic mass is 10.0. The number of hydrogen-bond donors (Lipinski definition) is 2. The molecule has 1 aliphatic carbocycles. The summed E-state index contributed by atoms with van der Waals surface area (Å²) >= 11 is 0. The number of aliphatic hydroxyl groups excluding tert-OH is 1. The summed E-state index contributed by atoms with van der Waals surface area (Å²) in [6, 6.07) is 7.69. The van der Waals surface area contributed by atoms with Crippen molar-refractivity contribution in [1.29, 1.82) is 0 Å². The van der Waals surface area contributed by atoms with Crippen LogP contribution in [0.2, 0.25) is 0 Å². The normalized spacial score (nSPS) is 22.3. The third-order valence-electron chi connectivity index (χ3n) is 3.83. The minimum absolute atomic E-state index is 0.0472. The van der Waals surface area contributed by atoms with Crippen LogP contribution in [0.25, 0.3) is 0 Å². The number of rotatable bonds is 4. The van der Waals surface area contributed by atoms with Crippen molar-refractivity contribution in [2.24, 2.45) is 5.92 Å². The summed E-state index contributed by atoms with van der Waals surface area (Å²) in [6.07, 6.45) is 3.04. The van der Waals surface area contributed by atoms with Crippen molar-refractivity contribution in [3.8, 4) is 0 Å². The Kier molecular flexibility index (Phi) is 4.43. The van der Waals surface area contributed by atoms with E-state index < -0.39 is 0 Å². The lowest BCUT2D eigenvalue weighted by Crippen LogP contribution is -2.38. The average Bonchev–Trinajstić information content (AvgIpc) is 2.86. The molecule has 1 aliphatic rings. The number of nitrogens with zero attached hydrogens (tertiary/aromatic N) is 1. The van der Waals surface area contributed by atoms with E-state index in [4.69, 9.17) is 0 Å². The molecule has 4 heteroatoms. The van der Waals surface area contributed by atoms with Crippen LogP contribution in [0.15, 0.2) is 24.3 Å². The third kappa shape index (κ3) is 3.26. The second-order valence-corrected chi connectivity index (χ2v) is 5.40. The van der Waals surface area contributed by atoms with Crippen LogP contribution in [0.3, 0.4) is 0 Å². The molecule has 0 aromatic heterocycles. The third-order valence-corrected chi connectivity index (χ3v) is 3.83. The van der Waals surface area contributed by atoms with Crippen LogP contribution in [0.4, 0.5) is 5.69 Å². The highest BCUT2D eigenvalue weighted by Gasteiger charge is 2.28. The van der Waals surface area contributed by atoms with Crippen molar-refractivity contribution < 1.29 is 9.90 Å². The fourth-order valence-corrected chi connectivity index (χ4v) is 2.62. The van der Waals surface area contributed by atoms with Gasteiger partial charge in [-0.3, -0.25) is 4.79 Å². The van der Waals surface area contributed by atoms with Gasteiger partial charge in [-0.15, -0.1) is 0 Å². The highest BCUT2D eigenvalue weighted by atomic mass is 16.3. The van der Waals surface area contributed by atoms with Gasteiger partial charge in [0.1, 0.15) is 0 Å². The molecule has 4 nitrogen and oxygen atoms in total. The zero-order valence-electron chi connectivity index (χ0n) is 11.6. The molecule has 0 aliphatic heterocycles. The second-order valence-electron chi connectivity index (χ2n) is 5.40. The Morgan fingerprint density at radius 1 is 1.42 bits per heavy atom. The van der Waals surface area contributed by atoms with Crippen LogP contribution in [0.5, 0.6) is 0 Å². The molecule has 1 saturated carbocycles. The Bertz CT molecular complexity index is 446. The minimum Gasteiger partial charge on any atom is -0.396 e. The Labute approximate surface area is 114 Å². The predicted molar refractivity (Wildman–Crippen MR) is 76.5 cm³/mol. The maximum atomic E-state index is 12.2. The molecule has 104 valence electrons. The van der Waals surface area contributed by atoms with E-state index in [2.05, 4.69) is 5.32 Å². The smallest absolute Gasteiger partial charge is 0.251 e. The zero-order valence-corrected chi connectivity index (χ0v) is 11.6. The molecule has 2 atom stereocenters. The van der Waals surface area contributed by atoms with Gasteiger partial charge >= 0.3 is 0 Å². The fraction of sp³-hybridized carbons (Fsp3) is 0.533. The first kappa shape index (κ1) is 13.9. The summed E-state index contributed by atoms with van der Waals surface area (Å²) in [6.45, 7) is 0.155. The Hall–Kier alpha value is -1.55. The number of nitrogens with one attached hydrogen (secondary N) is 1. The van der Waals surface area contributed by atoms with Gasteiger partial charge in [0.2, 0.25) is 0 Å². The van der Waals surface area contributed by atoms with Crippen molar-refractivity contribution in [2.45, 2.75) is 25.3 Å². The molecule has 1 fully saturated rings. The molecule has 0 saturated heterocycles. The number of amides is 1. The number of hydrogen-bond acceptors (Lipinski definition) is 3. The van der Waals surface area contributed by atoms with Gasteiger partial charge in [0, 0.05) is 43.9 Å². The molecule has 2 unspecified atom stereocenters. The van der Waals surface area contributed by atoms with E-state index in [0.29, 0.717) is 5.56 Å². The maximum absolute atomic E-state index is 12.2. The van der Waals surface area contributed by atoms with Crippen molar-refractivity contribution in [2.75, 3.05) is 25.6 Å². The van der Waals surface area contributed by atoms with Crippen LogP contribution in [0.1, 0.15) is 29.6 Å². The first-order valence-corrected chi connectivity index (χ1v) is 6.81. The first-order chi connectivity index (χ1) is 9.11. The van der Waals surface area contributed by atoms with Crippen molar-refractivity contribution in [1.82, 2.24) is 5.32 Å². The standard InChI is InChI=1S/C15H22N2O2/c1-17(2)13-7-3-5-11(9-13)15(19)16-14-8-4-6-12(14)10-18/h3,5,7,9,12,14,18H,4,6,8,10H2,1-2H3,(H,16,19). The van der Waals surface area contributed by atoms with E-state index >= 15 is 0 Å². The second kappa shape index (κ2) is 6.06. The Morgan fingerprint density at radius 3 is 2.89 bits per heavy atom. The van der Waals surface area contributed by atoms with Gasteiger partial charge in [0.25, 0.3) is 5.91 Å². The van der Waals surface area contributed by atoms with Crippen LogP contribution in [0, 0.1) is 5.92 Å². The van der Waals surface area contributed by atoms with Gasteiger partial charge in [0.15, 0.2) is 0 Å². The minimum atomic E-state index is -0.0472. The van der Waals surface area contributed by atoms with Gasteiger partial charge in [-0.1, -0.05) is 12.5 Å². The van der Waals surface area contributed by atoms with E-state index in [1.165, 1.54) is 0 Å². The summed E-state index contributed by atoms with van der Waals surface area (Å²) in [5.41, 5.74) is 1.69. The molecule has 19 heavy (non-hydrogen) atoms. The van der Waals surface area contributed by atoms with Crippen LogP contribution in [-0.4, -0.2) is 37.8 Å². The monoisotopic (exact) mass is 262 g/mol. The van der Waals surface area contributed by atoms with Gasteiger partial charge in [-0.2, -0.15) is 0 Å². The topological polar surface area (TPSA) is 52.6 Å². The predicted octanol–water partition coefficient (Wildman–Crippen LogP) is 1.64. The summed E-state index contributed by atoms with van der Waals surface area (Å²) in [5.74, 6) is 0.162. The van der Waals surface area contributed by atoms with Gasteiger partial charge in [-0.05, 0) is 31.0 Å². The molecule has 0 heterocycles. The molecule has 2 N–H and O–H groups in total. The maximum Gasteiger partial charge on any atom is 0.251 e. The lowest BCUT2D eigenvalue weighted by molar-refractivity contribution is 0.0916. The summed E-state index contributed by atoms with van der Waals surface area (Å²) < 4.78 is 0. The lowest BCUT2D eigenvalue weighted by Gasteiger charge is -2.19. The molecule has 0 spiro atoms. The average molecular weight is 262 g/mol. The first-order valence-electron chi connectivity index (χ1n) is 6.81. The molecule has 1 amide bonds. The molecule has 1 aromatic carbocycles. The molecule has 1 aromatic rings. The quantitative estimate of drug-likeness (QED) is 0.867. The largest absolute Gasteiger partial charge is 0.396 e. The highest BCUT2D eigenvalue weighted by molar-refractivity contribution is 5.95. The number of carbonyl (C=O) groups excluding carboxylic acids is 1.